The first-order chi connectivity index (χ1) is 9.79. The zero-order valence-electron chi connectivity index (χ0n) is 12.9. The molecule has 3 nitrogen and oxygen atoms in total. The molecule has 2 aliphatic heterocycles. The maximum atomic E-state index is 12.4. The average molecular weight is 298 g/mol. The normalized spacial score (nSPS) is 25.4. The lowest BCUT2D eigenvalue weighted by Gasteiger charge is -2.26. The number of amides is 1. The molecule has 1 atom stereocenters. The van der Waals surface area contributed by atoms with Crippen molar-refractivity contribution in [1.82, 2.24) is 10.2 Å². The molecule has 0 spiro atoms. The summed E-state index contributed by atoms with van der Waals surface area (Å²) in [5.74, 6) is 2.35. The molecule has 2 saturated heterocycles. The van der Waals surface area contributed by atoms with Gasteiger partial charge in [-0.2, -0.15) is 11.8 Å². The monoisotopic (exact) mass is 298 g/mol. The molecule has 0 aromatic heterocycles. The molecule has 2 aliphatic rings. The van der Waals surface area contributed by atoms with Gasteiger partial charge in [0.25, 0.3) is 0 Å². The third-order valence-corrected chi connectivity index (χ3v) is 5.80. The maximum Gasteiger partial charge on any atom is 0.222 e. The van der Waals surface area contributed by atoms with E-state index in [-0.39, 0.29) is 0 Å². The SMILES string of the molecule is CCSC1CCCCN(C(=O)CCC2CCNCC2)C1. The van der Waals surface area contributed by atoms with Gasteiger partial charge in [-0.3, -0.25) is 4.79 Å². The van der Waals surface area contributed by atoms with Gasteiger partial charge < -0.3 is 10.2 Å². The molecular formula is C16H30N2OS. The van der Waals surface area contributed by atoms with Crippen molar-refractivity contribution in [1.29, 1.82) is 0 Å². The molecule has 0 radical (unpaired) electrons. The summed E-state index contributed by atoms with van der Waals surface area (Å²) in [7, 11) is 0. The minimum absolute atomic E-state index is 0.409. The number of piperidine rings is 1. The third kappa shape index (κ3) is 5.28. The van der Waals surface area contributed by atoms with Gasteiger partial charge in [-0.1, -0.05) is 13.3 Å². The summed E-state index contributed by atoms with van der Waals surface area (Å²) in [6.07, 6.45) is 8.14. The van der Waals surface area contributed by atoms with Crippen LogP contribution < -0.4 is 5.32 Å². The van der Waals surface area contributed by atoms with Crippen molar-refractivity contribution in [2.24, 2.45) is 5.92 Å². The molecule has 0 aromatic carbocycles. The van der Waals surface area contributed by atoms with E-state index in [1.54, 1.807) is 0 Å². The van der Waals surface area contributed by atoms with Crippen LogP contribution in [0.3, 0.4) is 0 Å². The lowest BCUT2D eigenvalue weighted by Crippen LogP contribution is -2.36. The van der Waals surface area contributed by atoms with Crippen molar-refractivity contribution in [2.45, 2.75) is 57.1 Å². The van der Waals surface area contributed by atoms with Crippen molar-refractivity contribution >= 4 is 17.7 Å². The van der Waals surface area contributed by atoms with Gasteiger partial charge >= 0.3 is 0 Å². The Morgan fingerprint density at radius 3 is 2.80 bits per heavy atom. The summed E-state index contributed by atoms with van der Waals surface area (Å²) in [4.78, 5) is 14.6. The van der Waals surface area contributed by atoms with Crippen LogP contribution in [0.1, 0.15) is 51.9 Å². The second-order valence-electron chi connectivity index (χ2n) is 6.14. The smallest absolute Gasteiger partial charge is 0.222 e. The molecule has 1 unspecified atom stereocenters. The molecule has 2 fully saturated rings. The van der Waals surface area contributed by atoms with Gasteiger partial charge in [0.1, 0.15) is 0 Å². The number of nitrogens with zero attached hydrogens (tertiary/aromatic N) is 1. The fraction of sp³-hybridized carbons (Fsp3) is 0.938. The van der Waals surface area contributed by atoms with Crippen LogP contribution in [0.2, 0.25) is 0 Å². The van der Waals surface area contributed by atoms with E-state index >= 15 is 0 Å². The molecule has 4 heteroatoms. The number of rotatable bonds is 5. The standard InChI is InChI=1S/C16H30N2OS/c1-2-20-15-5-3-4-12-18(13-15)16(19)7-6-14-8-10-17-11-9-14/h14-15,17H,2-13H2,1H3. The predicted octanol–water partition coefficient (Wildman–Crippen LogP) is 2.90. The highest BCUT2D eigenvalue weighted by Crippen LogP contribution is 2.24. The van der Waals surface area contributed by atoms with E-state index in [9.17, 15) is 4.79 Å². The van der Waals surface area contributed by atoms with Crippen LogP contribution in [-0.4, -0.2) is 48.0 Å². The van der Waals surface area contributed by atoms with Crippen LogP contribution in [0.5, 0.6) is 0 Å². The molecule has 2 rings (SSSR count). The van der Waals surface area contributed by atoms with E-state index in [1.165, 1.54) is 37.9 Å². The largest absolute Gasteiger partial charge is 0.342 e. The predicted molar refractivity (Wildman–Crippen MR) is 87.2 cm³/mol. The maximum absolute atomic E-state index is 12.4. The van der Waals surface area contributed by atoms with Gasteiger partial charge in [0.15, 0.2) is 0 Å². The first-order valence-electron chi connectivity index (χ1n) is 8.39. The number of hydrogen-bond donors (Lipinski definition) is 1. The van der Waals surface area contributed by atoms with Crippen molar-refractivity contribution in [3.05, 3.63) is 0 Å². The Labute approximate surface area is 128 Å². The molecular weight excluding hydrogens is 268 g/mol. The number of carbonyl (C=O) groups excluding carboxylic acids is 1. The van der Waals surface area contributed by atoms with Crippen LogP contribution in [-0.2, 0) is 4.79 Å². The van der Waals surface area contributed by atoms with Gasteiger partial charge in [-0.15, -0.1) is 0 Å². The van der Waals surface area contributed by atoms with Crippen molar-refractivity contribution < 1.29 is 4.79 Å². The quantitative estimate of drug-likeness (QED) is 0.847. The number of thioether (sulfide) groups is 1. The number of carbonyl (C=O) groups is 1. The second-order valence-corrected chi connectivity index (χ2v) is 7.72. The molecule has 0 saturated carbocycles. The Morgan fingerprint density at radius 1 is 1.25 bits per heavy atom. The van der Waals surface area contributed by atoms with Crippen LogP contribution >= 0.6 is 11.8 Å². The summed E-state index contributed by atoms with van der Waals surface area (Å²) in [6, 6.07) is 0. The molecule has 1 amide bonds. The number of likely N-dealkylation sites (tertiary alicyclic amines) is 1. The summed E-state index contributed by atoms with van der Waals surface area (Å²) in [6.45, 7) is 6.48. The highest BCUT2D eigenvalue weighted by Gasteiger charge is 2.23. The minimum Gasteiger partial charge on any atom is -0.342 e. The summed E-state index contributed by atoms with van der Waals surface area (Å²) in [5, 5.41) is 4.07. The van der Waals surface area contributed by atoms with E-state index in [1.807, 2.05) is 11.8 Å². The topological polar surface area (TPSA) is 32.3 Å². The minimum atomic E-state index is 0.409. The first kappa shape index (κ1) is 16.2. The number of nitrogens with one attached hydrogen (secondary N) is 1. The molecule has 116 valence electrons. The Hall–Kier alpha value is -0.220. The summed E-state index contributed by atoms with van der Waals surface area (Å²) >= 11 is 2.03. The zero-order chi connectivity index (χ0) is 14.2. The van der Waals surface area contributed by atoms with E-state index in [0.29, 0.717) is 11.2 Å². The van der Waals surface area contributed by atoms with Crippen molar-refractivity contribution in [3.63, 3.8) is 0 Å². The van der Waals surface area contributed by atoms with E-state index in [0.717, 1.165) is 44.9 Å². The van der Waals surface area contributed by atoms with Crippen molar-refractivity contribution in [2.75, 3.05) is 31.9 Å². The Bertz CT molecular complexity index is 292. The van der Waals surface area contributed by atoms with Crippen LogP contribution in [0.25, 0.3) is 0 Å². The zero-order valence-corrected chi connectivity index (χ0v) is 13.7. The van der Waals surface area contributed by atoms with Crippen molar-refractivity contribution in [3.8, 4) is 0 Å². The molecule has 0 aliphatic carbocycles. The van der Waals surface area contributed by atoms with Crippen LogP contribution in [0.4, 0.5) is 0 Å². The molecule has 2 heterocycles. The molecule has 20 heavy (non-hydrogen) atoms. The van der Waals surface area contributed by atoms with Gasteiger partial charge in [0.05, 0.1) is 0 Å². The Kier molecular flexibility index (Phi) is 7.22. The first-order valence-corrected chi connectivity index (χ1v) is 9.44. The second kappa shape index (κ2) is 8.93. The van der Waals surface area contributed by atoms with Gasteiger partial charge in [-0.25, -0.2) is 0 Å². The number of hydrogen-bond acceptors (Lipinski definition) is 3. The molecule has 0 bridgehead atoms. The highest BCUT2D eigenvalue weighted by molar-refractivity contribution is 7.99. The lowest BCUT2D eigenvalue weighted by molar-refractivity contribution is -0.131. The van der Waals surface area contributed by atoms with E-state index in [4.69, 9.17) is 0 Å². The van der Waals surface area contributed by atoms with E-state index < -0.39 is 0 Å². The van der Waals surface area contributed by atoms with Gasteiger partial charge in [0.2, 0.25) is 5.91 Å². The fourth-order valence-electron chi connectivity index (χ4n) is 3.36. The van der Waals surface area contributed by atoms with E-state index in [2.05, 4.69) is 17.1 Å². The fourth-order valence-corrected chi connectivity index (χ4v) is 4.45. The highest BCUT2D eigenvalue weighted by atomic mass is 32.2. The summed E-state index contributed by atoms with van der Waals surface area (Å²) in [5.41, 5.74) is 0. The van der Waals surface area contributed by atoms with Crippen LogP contribution in [0.15, 0.2) is 0 Å². The molecule has 0 aromatic rings. The molecule has 1 N–H and O–H groups in total. The van der Waals surface area contributed by atoms with Crippen LogP contribution in [0, 0.1) is 5.92 Å². The summed E-state index contributed by atoms with van der Waals surface area (Å²) < 4.78 is 0. The van der Waals surface area contributed by atoms with Gasteiger partial charge in [0, 0.05) is 24.8 Å². The van der Waals surface area contributed by atoms with Gasteiger partial charge in [-0.05, 0) is 56.9 Å². The Balaban J connectivity index is 1.74. The lowest BCUT2D eigenvalue weighted by atomic mass is 9.93. The Morgan fingerprint density at radius 2 is 2.05 bits per heavy atom. The average Bonchev–Trinajstić information content (AvgIpc) is 2.72. The third-order valence-electron chi connectivity index (χ3n) is 4.61.